The molecule has 1 aliphatic rings. The van der Waals surface area contributed by atoms with Crippen molar-refractivity contribution < 1.29 is 8.78 Å². The molecule has 1 aromatic carbocycles. The number of benzene rings is 1. The zero-order chi connectivity index (χ0) is 11.8. The third kappa shape index (κ3) is 2.31. The van der Waals surface area contributed by atoms with Crippen molar-refractivity contribution in [1.29, 1.82) is 0 Å². The molecule has 2 rings (SSSR count). The Kier molecular flexibility index (Phi) is 2.83. The van der Waals surface area contributed by atoms with E-state index in [4.69, 9.17) is 0 Å². The van der Waals surface area contributed by atoms with Gasteiger partial charge in [0.15, 0.2) is 11.6 Å². The predicted octanol–water partition coefficient (Wildman–Crippen LogP) is 4.56. The molecule has 0 aromatic heterocycles. The normalized spacial score (nSPS) is 19.4. The fourth-order valence-electron chi connectivity index (χ4n) is 2.23. The molecule has 0 radical (unpaired) electrons. The van der Waals surface area contributed by atoms with Gasteiger partial charge in [0.1, 0.15) is 0 Å². The van der Waals surface area contributed by atoms with Crippen molar-refractivity contribution in [3.8, 4) is 0 Å². The van der Waals surface area contributed by atoms with Gasteiger partial charge in [-0.15, -0.1) is 0 Å². The highest BCUT2D eigenvalue weighted by molar-refractivity contribution is 5.66. The Morgan fingerprint density at radius 1 is 1.12 bits per heavy atom. The molecule has 0 atom stereocenters. The summed E-state index contributed by atoms with van der Waals surface area (Å²) in [7, 11) is 0. The minimum atomic E-state index is -0.778. The van der Waals surface area contributed by atoms with Gasteiger partial charge in [0.25, 0.3) is 0 Å². The summed E-state index contributed by atoms with van der Waals surface area (Å²) in [5, 5.41) is 0. The first-order valence-electron chi connectivity index (χ1n) is 5.62. The lowest BCUT2D eigenvalue weighted by molar-refractivity contribution is 0.338. The van der Waals surface area contributed by atoms with E-state index in [1.54, 1.807) is 6.07 Å². The highest BCUT2D eigenvalue weighted by atomic mass is 19.2. The zero-order valence-corrected chi connectivity index (χ0v) is 9.69. The molecule has 0 nitrogen and oxygen atoms in total. The molecule has 1 aliphatic carbocycles. The first-order valence-corrected chi connectivity index (χ1v) is 5.62. The van der Waals surface area contributed by atoms with E-state index in [-0.39, 0.29) is 5.41 Å². The van der Waals surface area contributed by atoms with E-state index in [2.05, 4.69) is 19.9 Å². The summed E-state index contributed by atoms with van der Waals surface area (Å²) in [5.41, 5.74) is 2.21. The Morgan fingerprint density at radius 2 is 1.88 bits per heavy atom. The fourth-order valence-corrected chi connectivity index (χ4v) is 2.23. The van der Waals surface area contributed by atoms with Crippen LogP contribution in [0.2, 0.25) is 0 Å². The summed E-state index contributed by atoms with van der Waals surface area (Å²) in [6.07, 6.45) is 5.23. The van der Waals surface area contributed by atoms with Crippen molar-refractivity contribution in [2.45, 2.75) is 33.1 Å². The van der Waals surface area contributed by atoms with Gasteiger partial charge in [-0.2, -0.15) is 0 Å². The minimum absolute atomic E-state index is 0.259. The zero-order valence-electron chi connectivity index (χ0n) is 9.69. The largest absolute Gasteiger partial charge is 0.204 e. The number of allylic oxidation sites excluding steroid dienone is 2. The van der Waals surface area contributed by atoms with Crippen LogP contribution in [0.15, 0.2) is 24.3 Å². The van der Waals surface area contributed by atoms with Gasteiger partial charge in [0.05, 0.1) is 0 Å². The number of rotatable bonds is 1. The Morgan fingerprint density at radius 3 is 2.50 bits per heavy atom. The van der Waals surface area contributed by atoms with Crippen LogP contribution >= 0.6 is 0 Å². The lowest BCUT2D eigenvalue weighted by atomic mass is 9.76. The van der Waals surface area contributed by atoms with Gasteiger partial charge in [-0.1, -0.05) is 26.0 Å². The summed E-state index contributed by atoms with van der Waals surface area (Å²) < 4.78 is 25.9. The topological polar surface area (TPSA) is 0 Å². The van der Waals surface area contributed by atoms with Crippen LogP contribution in [0.25, 0.3) is 5.57 Å². The first kappa shape index (κ1) is 11.3. The van der Waals surface area contributed by atoms with Crippen LogP contribution < -0.4 is 0 Å². The van der Waals surface area contributed by atoms with Gasteiger partial charge in [0.2, 0.25) is 0 Å². The Bertz CT molecular complexity index is 430. The van der Waals surface area contributed by atoms with Gasteiger partial charge in [-0.05, 0) is 47.9 Å². The lowest BCUT2D eigenvalue weighted by Crippen LogP contribution is -2.15. The smallest absolute Gasteiger partial charge is 0.159 e. The van der Waals surface area contributed by atoms with Crippen LogP contribution in [-0.2, 0) is 0 Å². The minimum Gasteiger partial charge on any atom is -0.204 e. The molecule has 1 aromatic rings. The molecule has 86 valence electrons. The second-order valence-corrected chi connectivity index (χ2v) is 5.24. The van der Waals surface area contributed by atoms with E-state index in [1.165, 1.54) is 12.1 Å². The van der Waals surface area contributed by atoms with E-state index in [9.17, 15) is 8.78 Å². The molecule has 0 bridgehead atoms. The molecular formula is C14H16F2. The maximum absolute atomic E-state index is 13.1. The third-order valence-electron chi connectivity index (χ3n) is 3.17. The molecule has 0 saturated carbocycles. The molecule has 0 heterocycles. The van der Waals surface area contributed by atoms with E-state index in [1.807, 2.05) is 0 Å². The fraction of sp³-hybridized carbons (Fsp3) is 0.429. The molecule has 0 spiro atoms. The van der Waals surface area contributed by atoms with Crippen molar-refractivity contribution in [2.75, 3.05) is 0 Å². The molecule has 16 heavy (non-hydrogen) atoms. The van der Waals surface area contributed by atoms with Gasteiger partial charge < -0.3 is 0 Å². The summed E-state index contributed by atoms with van der Waals surface area (Å²) in [5.74, 6) is -1.54. The molecule has 2 heteroatoms. The average molecular weight is 222 g/mol. The van der Waals surface area contributed by atoms with Crippen molar-refractivity contribution in [2.24, 2.45) is 5.41 Å². The monoisotopic (exact) mass is 222 g/mol. The van der Waals surface area contributed by atoms with Crippen LogP contribution in [0.5, 0.6) is 0 Å². The van der Waals surface area contributed by atoms with E-state index in [0.717, 1.165) is 30.4 Å². The predicted molar refractivity (Wildman–Crippen MR) is 62.0 cm³/mol. The molecule has 0 fully saturated rings. The molecule has 0 saturated heterocycles. The average Bonchev–Trinajstić information content (AvgIpc) is 2.20. The van der Waals surface area contributed by atoms with Gasteiger partial charge >= 0.3 is 0 Å². The van der Waals surface area contributed by atoms with Crippen molar-refractivity contribution in [1.82, 2.24) is 0 Å². The molecule has 0 unspecified atom stereocenters. The third-order valence-corrected chi connectivity index (χ3v) is 3.17. The van der Waals surface area contributed by atoms with E-state index >= 15 is 0 Å². The lowest BCUT2D eigenvalue weighted by Gasteiger charge is -2.29. The SMILES string of the molecule is CC1(C)CCC=C(c2ccc(F)c(F)c2)C1. The first-order chi connectivity index (χ1) is 7.48. The Hall–Kier alpha value is -1.18. The standard InChI is InChI=1S/C14H16F2/c1-14(2)7-3-4-11(9-14)10-5-6-12(15)13(16)8-10/h4-6,8H,3,7,9H2,1-2H3. The van der Waals surface area contributed by atoms with Crippen LogP contribution in [-0.4, -0.2) is 0 Å². The second kappa shape index (κ2) is 4.00. The Balaban J connectivity index is 2.31. The molecule has 0 amide bonds. The summed E-state index contributed by atoms with van der Waals surface area (Å²) in [4.78, 5) is 0. The van der Waals surface area contributed by atoms with E-state index < -0.39 is 11.6 Å². The van der Waals surface area contributed by atoms with Crippen molar-refractivity contribution in [3.05, 3.63) is 41.5 Å². The highest BCUT2D eigenvalue weighted by Crippen LogP contribution is 2.39. The quantitative estimate of drug-likeness (QED) is 0.653. The summed E-state index contributed by atoms with van der Waals surface area (Å²) >= 11 is 0. The molecule has 0 aliphatic heterocycles. The van der Waals surface area contributed by atoms with Crippen LogP contribution in [0.4, 0.5) is 8.78 Å². The van der Waals surface area contributed by atoms with Gasteiger partial charge in [0, 0.05) is 0 Å². The van der Waals surface area contributed by atoms with Crippen LogP contribution in [0.1, 0.15) is 38.7 Å². The second-order valence-electron chi connectivity index (χ2n) is 5.24. The van der Waals surface area contributed by atoms with Crippen molar-refractivity contribution >= 4 is 5.57 Å². The summed E-state index contributed by atoms with van der Waals surface area (Å²) in [6.45, 7) is 4.42. The van der Waals surface area contributed by atoms with Gasteiger partial charge in [-0.25, -0.2) is 8.78 Å². The van der Waals surface area contributed by atoms with Crippen molar-refractivity contribution in [3.63, 3.8) is 0 Å². The highest BCUT2D eigenvalue weighted by Gasteiger charge is 2.23. The summed E-state index contributed by atoms with van der Waals surface area (Å²) in [6, 6.07) is 4.15. The van der Waals surface area contributed by atoms with Crippen LogP contribution in [0, 0.1) is 17.0 Å². The number of halogens is 2. The molecule has 0 N–H and O–H groups in total. The van der Waals surface area contributed by atoms with Gasteiger partial charge in [-0.3, -0.25) is 0 Å². The molecular weight excluding hydrogens is 206 g/mol. The maximum atomic E-state index is 13.1. The van der Waals surface area contributed by atoms with Crippen LogP contribution in [0.3, 0.4) is 0 Å². The number of hydrogen-bond donors (Lipinski definition) is 0. The maximum Gasteiger partial charge on any atom is 0.159 e. The Labute approximate surface area is 95.0 Å². The van der Waals surface area contributed by atoms with E-state index in [0.29, 0.717) is 0 Å². The number of hydrogen-bond acceptors (Lipinski definition) is 0.